The van der Waals surface area contributed by atoms with Crippen molar-refractivity contribution < 1.29 is 40.3 Å². The zero-order valence-electron chi connectivity index (χ0n) is 14.9. The minimum absolute atomic E-state index is 0.199. The molecule has 2 aromatic heterocycles. The predicted molar refractivity (Wildman–Crippen MR) is 83.7 cm³/mol. The van der Waals surface area contributed by atoms with E-state index in [1.807, 2.05) is 0 Å². The third-order valence-electron chi connectivity index (χ3n) is 3.92. The number of rotatable bonds is 5. The fraction of sp³-hybridized carbons (Fsp3) is 0.429. The van der Waals surface area contributed by atoms with Gasteiger partial charge >= 0.3 is 23.9 Å². The molecule has 0 aliphatic rings. The first-order valence-electron chi connectivity index (χ1n) is 7.57. The Bertz CT molecular complexity index is 947. The van der Waals surface area contributed by atoms with Gasteiger partial charge in [0, 0.05) is 14.1 Å². The van der Waals surface area contributed by atoms with E-state index in [2.05, 4.69) is 15.5 Å². The van der Waals surface area contributed by atoms with Crippen molar-refractivity contribution in [1.29, 1.82) is 0 Å². The van der Waals surface area contributed by atoms with Crippen molar-refractivity contribution in [3.05, 3.63) is 23.8 Å². The van der Waals surface area contributed by atoms with E-state index >= 15 is 0 Å². The maximum Gasteiger partial charge on any atom is 0.460 e. The average Bonchev–Trinajstić information content (AvgIpc) is 3.10. The third-order valence-corrected chi connectivity index (χ3v) is 3.92. The summed E-state index contributed by atoms with van der Waals surface area (Å²) in [5, 5.41) is 10.9. The predicted octanol–water partition coefficient (Wildman–Crippen LogP) is 2.49. The zero-order chi connectivity index (χ0) is 22.4. The number of hydrogen-bond acceptors (Lipinski definition) is 4. The van der Waals surface area contributed by atoms with Crippen LogP contribution in [-0.2, 0) is 18.9 Å². The van der Waals surface area contributed by atoms with Gasteiger partial charge in [0.1, 0.15) is 5.69 Å². The Kier molecular flexibility index (Phi) is 5.38. The summed E-state index contributed by atoms with van der Waals surface area (Å²) in [6.45, 7) is 1.58. The van der Waals surface area contributed by atoms with Crippen molar-refractivity contribution in [3.8, 4) is 0 Å². The zero-order valence-corrected chi connectivity index (χ0v) is 14.9. The first-order chi connectivity index (χ1) is 13.1. The topological polar surface area (TPSA) is 93.8 Å². The summed E-state index contributed by atoms with van der Waals surface area (Å²) in [5.41, 5.74) is -0.686. The Labute approximate surface area is 157 Å². The molecule has 0 spiro atoms. The number of hydrogen-bond donors (Lipinski definition) is 2. The molecule has 0 radical (unpaired) electrons. The molecule has 0 atom stereocenters. The smallest absolute Gasteiger partial charge is 0.318 e. The minimum atomic E-state index is -6.68. The number of aromatic nitrogens is 4. The molecule has 2 amide bonds. The molecule has 0 unspecified atom stereocenters. The van der Waals surface area contributed by atoms with E-state index in [0.717, 1.165) is 11.7 Å². The van der Waals surface area contributed by atoms with Gasteiger partial charge in [-0.1, -0.05) is 0 Å². The van der Waals surface area contributed by atoms with E-state index < -0.39 is 41.2 Å². The Hall–Kier alpha value is -3.13. The molecule has 15 heteroatoms. The second kappa shape index (κ2) is 7.04. The van der Waals surface area contributed by atoms with Crippen LogP contribution in [0, 0.1) is 6.92 Å². The number of carbonyl (C=O) groups is 2. The third kappa shape index (κ3) is 3.75. The standard InChI is InChI=1S/C14H13F7N6O2/c1-6-7(4-22-26(6)2)24-10(28)9-8(5-23-27(9)3)25-11(29)12(15,16)13(17,18)14(19,20)21/h4-5H,1-3H3,(H,24,28)(H,25,29). The van der Waals surface area contributed by atoms with Crippen LogP contribution in [0.25, 0.3) is 0 Å². The van der Waals surface area contributed by atoms with Gasteiger partial charge in [-0.2, -0.15) is 40.9 Å². The van der Waals surface area contributed by atoms with Crippen LogP contribution in [0.1, 0.15) is 16.2 Å². The lowest BCUT2D eigenvalue weighted by atomic mass is 10.1. The van der Waals surface area contributed by atoms with Crippen LogP contribution in [0.15, 0.2) is 12.4 Å². The van der Waals surface area contributed by atoms with Crippen molar-refractivity contribution in [1.82, 2.24) is 19.6 Å². The van der Waals surface area contributed by atoms with Gasteiger partial charge in [0.05, 0.1) is 29.5 Å². The lowest BCUT2D eigenvalue weighted by molar-refractivity contribution is -0.343. The number of nitrogens with zero attached hydrogens (tertiary/aromatic N) is 4. The molecular formula is C14H13F7N6O2. The summed E-state index contributed by atoms with van der Waals surface area (Å²) >= 11 is 0. The average molecular weight is 430 g/mol. The van der Waals surface area contributed by atoms with Crippen LogP contribution in [0.4, 0.5) is 42.1 Å². The summed E-state index contributed by atoms with van der Waals surface area (Å²) in [6.07, 6.45) is -4.79. The van der Waals surface area contributed by atoms with Crippen molar-refractivity contribution >= 4 is 23.2 Å². The monoisotopic (exact) mass is 430 g/mol. The molecular weight excluding hydrogens is 417 g/mol. The van der Waals surface area contributed by atoms with Gasteiger partial charge in [0.25, 0.3) is 5.91 Å². The van der Waals surface area contributed by atoms with E-state index in [-0.39, 0.29) is 5.69 Å². The highest BCUT2D eigenvalue weighted by atomic mass is 19.4. The first-order valence-corrected chi connectivity index (χ1v) is 7.57. The van der Waals surface area contributed by atoms with Crippen molar-refractivity contribution in [2.24, 2.45) is 14.1 Å². The maximum absolute atomic E-state index is 13.5. The molecule has 0 saturated carbocycles. The van der Waals surface area contributed by atoms with Gasteiger partial charge in [0.2, 0.25) is 0 Å². The molecule has 0 aliphatic carbocycles. The number of halogens is 7. The molecule has 0 bridgehead atoms. The lowest BCUT2D eigenvalue weighted by Crippen LogP contribution is -2.57. The second-order valence-electron chi connectivity index (χ2n) is 5.85. The number of nitrogens with one attached hydrogen (secondary N) is 2. The molecule has 8 nitrogen and oxygen atoms in total. The van der Waals surface area contributed by atoms with Crippen LogP contribution in [0.3, 0.4) is 0 Å². The number of carbonyl (C=O) groups excluding carboxylic acids is 2. The van der Waals surface area contributed by atoms with Crippen LogP contribution in [0.2, 0.25) is 0 Å². The lowest BCUT2D eigenvalue weighted by Gasteiger charge is -2.26. The summed E-state index contributed by atoms with van der Waals surface area (Å²) in [6, 6.07) is 0. The van der Waals surface area contributed by atoms with Gasteiger partial charge in [-0.15, -0.1) is 0 Å². The highest BCUT2D eigenvalue weighted by molar-refractivity contribution is 6.09. The number of aryl methyl sites for hydroxylation is 2. The van der Waals surface area contributed by atoms with Crippen LogP contribution in [-0.4, -0.2) is 49.4 Å². The van der Waals surface area contributed by atoms with Crippen LogP contribution in [0.5, 0.6) is 0 Å². The van der Waals surface area contributed by atoms with Crippen LogP contribution < -0.4 is 10.6 Å². The van der Waals surface area contributed by atoms with Crippen molar-refractivity contribution in [2.75, 3.05) is 10.6 Å². The van der Waals surface area contributed by atoms with Crippen molar-refractivity contribution in [3.63, 3.8) is 0 Å². The molecule has 0 fully saturated rings. The van der Waals surface area contributed by atoms with E-state index in [0.29, 0.717) is 11.9 Å². The molecule has 2 heterocycles. The number of amides is 2. The normalized spacial score (nSPS) is 12.8. The first kappa shape index (κ1) is 22.2. The highest BCUT2D eigenvalue weighted by Crippen LogP contribution is 2.46. The second-order valence-corrected chi connectivity index (χ2v) is 5.85. The Morgan fingerprint density at radius 2 is 1.41 bits per heavy atom. The fourth-order valence-corrected chi connectivity index (χ4v) is 2.12. The Balaban J connectivity index is 2.30. The minimum Gasteiger partial charge on any atom is -0.318 e. The van der Waals surface area contributed by atoms with Gasteiger partial charge < -0.3 is 10.6 Å². The highest BCUT2D eigenvalue weighted by Gasteiger charge is 2.76. The van der Waals surface area contributed by atoms with Crippen molar-refractivity contribution in [2.45, 2.75) is 24.9 Å². The fourth-order valence-electron chi connectivity index (χ4n) is 2.12. The molecule has 160 valence electrons. The van der Waals surface area contributed by atoms with Gasteiger partial charge in [0.15, 0.2) is 0 Å². The Morgan fingerprint density at radius 1 is 0.897 bits per heavy atom. The molecule has 2 aromatic rings. The van der Waals surface area contributed by atoms with Gasteiger partial charge in [-0.25, -0.2) is 0 Å². The molecule has 0 aliphatic heterocycles. The summed E-state index contributed by atoms with van der Waals surface area (Å²) < 4.78 is 91.9. The quantitative estimate of drug-likeness (QED) is 0.713. The summed E-state index contributed by atoms with van der Waals surface area (Å²) in [7, 11) is 2.72. The SMILES string of the molecule is Cc1c(NC(=O)c2c(NC(=O)C(F)(F)C(F)(F)C(F)(F)F)cnn2C)cnn1C. The Morgan fingerprint density at radius 3 is 1.90 bits per heavy atom. The van der Waals surface area contributed by atoms with E-state index in [1.54, 1.807) is 14.0 Å². The van der Waals surface area contributed by atoms with Crippen LogP contribution >= 0.6 is 0 Å². The molecule has 0 saturated heterocycles. The summed E-state index contributed by atoms with van der Waals surface area (Å²) in [5.74, 6) is -16.8. The number of alkyl halides is 7. The maximum atomic E-state index is 13.5. The largest absolute Gasteiger partial charge is 0.460 e. The molecule has 2 N–H and O–H groups in total. The van der Waals surface area contributed by atoms with E-state index in [4.69, 9.17) is 0 Å². The summed E-state index contributed by atoms with van der Waals surface area (Å²) in [4.78, 5) is 23.9. The van der Waals surface area contributed by atoms with E-state index in [9.17, 15) is 40.3 Å². The van der Waals surface area contributed by atoms with Gasteiger partial charge in [-0.05, 0) is 6.92 Å². The van der Waals surface area contributed by atoms with E-state index in [1.165, 1.54) is 16.2 Å². The molecule has 0 aromatic carbocycles. The number of anilines is 2. The molecule has 29 heavy (non-hydrogen) atoms. The van der Waals surface area contributed by atoms with Gasteiger partial charge in [-0.3, -0.25) is 19.0 Å². The molecule has 2 rings (SSSR count).